The molecule has 0 atom stereocenters. The number of halogens is 1. The Bertz CT molecular complexity index is 760. The first-order chi connectivity index (χ1) is 9.83. The van der Waals surface area contributed by atoms with Gasteiger partial charge in [0.05, 0.1) is 5.75 Å². The van der Waals surface area contributed by atoms with Gasteiger partial charge < -0.3 is 5.32 Å². The van der Waals surface area contributed by atoms with Crippen LogP contribution < -0.4 is 10.5 Å². The number of nitrogens with two attached hydrogens (primary N) is 1. The molecule has 0 aliphatic heterocycles. The number of nitrogens with one attached hydrogen (secondary N) is 1. The van der Waals surface area contributed by atoms with E-state index in [1.54, 1.807) is 24.3 Å². The summed E-state index contributed by atoms with van der Waals surface area (Å²) < 4.78 is 21.9. The quantitative estimate of drug-likeness (QED) is 0.836. The van der Waals surface area contributed by atoms with E-state index in [1.165, 1.54) is 18.3 Å². The van der Waals surface area contributed by atoms with E-state index in [2.05, 4.69) is 10.3 Å². The highest BCUT2D eigenvalue weighted by Gasteiger charge is 2.08. The zero-order chi connectivity index (χ0) is 15.5. The van der Waals surface area contributed by atoms with Crippen LogP contribution in [-0.2, 0) is 15.8 Å². The number of anilines is 1. The largest absolute Gasteiger partial charge is 0.322 e. The molecule has 1 heterocycles. The highest BCUT2D eigenvalue weighted by molar-refractivity contribution is 7.88. The predicted octanol–water partition coefficient (Wildman–Crippen LogP) is 1.78. The van der Waals surface area contributed by atoms with E-state index in [0.29, 0.717) is 16.8 Å². The SMILES string of the molecule is NS(=O)(=O)Cc1ccc(NC(=O)c2ccnc(Cl)c2)cc1. The zero-order valence-electron chi connectivity index (χ0n) is 10.8. The van der Waals surface area contributed by atoms with Gasteiger partial charge in [-0.2, -0.15) is 0 Å². The van der Waals surface area contributed by atoms with Gasteiger partial charge in [-0.3, -0.25) is 4.79 Å². The minimum absolute atomic E-state index is 0.228. The number of carbonyl (C=O) groups excluding carboxylic acids is 1. The van der Waals surface area contributed by atoms with Crippen LogP contribution in [0.4, 0.5) is 5.69 Å². The number of rotatable bonds is 4. The van der Waals surface area contributed by atoms with Crippen LogP contribution in [0.15, 0.2) is 42.6 Å². The minimum atomic E-state index is -3.57. The Morgan fingerprint density at radius 2 is 1.90 bits per heavy atom. The van der Waals surface area contributed by atoms with Gasteiger partial charge in [-0.05, 0) is 29.8 Å². The van der Waals surface area contributed by atoms with Crippen LogP contribution in [0.2, 0.25) is 5.15 Å². The molecule has 6 nitrogen and oxygen atoms in total. The molecular weight excluding hydrogens is 314 g/mol. The molecule has 110 valence electrons. The first-order valence-corrected chi connectivity index (χ1v) is 7.95. The van der Waals surface area contributed by atoms with Crippen molar-refractivity contribution in [1.82, 2.24) is 4.98 Å². The van der Waals surface area contributed by atoms with E-state index in [9.17, 15) is 13.2 Å². The van der Waals surface area contributed by atoms with Crippen molar-refractivity contribution < 1.29 is 13.2 Å². The standard InChI is InChI=1S/C13H12ClN3O3S/c14-12-7-10(5-6-16-12)13(18)17-11-3-1-9(2-4-11)8-21(15,19)20/h1-7H,8H2,(H,17,18)(H2,15,19,20). The third kappa shape index (κ3) is 4.82. The molecule has 0 fully saturated rings. The highest BCUT2D eigenvalue weighted by atomic mass is 35.5. The summed E-state index contributed by atoms with van der Waals surface area (Å²) in [4.78, 5) is 15.8. The summed E-state index contributed by atoms with van der Waals surface area (Å²) >= 11 is 5.71. The van der Waals surface area contributed by atoms with Crippen LogP contribution in [0.3, 0.4) is 0 Å². The van der Waals surface area contributed by atoms with Crippen LogP contribution in [0, 0.1) is 0 Å². The lowest BCUT2D eigenvalue weighted by Crippen LogP contribution is -2.15. The van der Waals surface area contributed by atoms with Gasteiger partial charge in [0.1, 0.15) is 5.15 Å². The molecule has 0 saturated heterocycles. The maximum absolute atomic E-state index is 12.0. The number of hydrogen-bond donors (Lipinski definition) is 2. The van der Waals surface area contributed by atoms with Crippen molar-refractivity contribution >= 4 is 33.2 Å². The molecule has 0 unspecified atom stereocenters. The second-order valence-electron chi connectivity index (χ2n) is 4.33. The van der Waals surface area contributed by atoms with Crippen LogP contribution in [-0.4, -0.2) is 19.3 Å². The van der Waals surface area contributed by atoms with Crippen LogP contribution in [0.1, 0.15) is 15.9 Å². The fourth-order valence-corrected chi connectivity index (χ4v) is 2.49. The van der Waals surface area contributed by atoms with Crippen molar-refractivity contribution in [1.29, 1.82) is 0 Å². The molecular formula is C13H12ClN3O3S. The zero-order valence-corrected chi connectivity index (χ0v) is 12.4. The number of carbonyl (C=O) groups is 1. The first kappa shape index (κ1) is 15.4. The molecule has 1 aromatic heterocycles. The minimum Gasteiger partial charge on any atom is -0.322 e. The number of aromatic nitrogens is 1. The van der Waals surface area contributed by atoms with Crippen molar-refractivity contribution in [2.24, 2.45) is 5.14 Å². The maximum atomic E-state index is 12.0. The number of amides is 1. The lowest BCUT2D eigenvalue weighted by atomic mass is 10.2. The first-order valence-electron chi connectivity index (χ1n) is 5.86. The van der Waals surface area contributed by atoms with Gasteiger partial charge in [0.15, 0.2) is 0 Å². The summed E-state index contributed by atoms with van der Waals surface area (Å²) in [5.41, 5.74) is 1.46. The summed E-state index contributed by atoms with van der Waals surface area (Å²) in [6.07, 6.45) is 1.44. The fraction of sp³-hybridized carbons (Fsp3) is 0.0769. The molecule has 3 N–H and O–H groups in total. The molecule has 0 saturated carbocycles. The van der Waals surface area contributed by atoms with Gasteiger partial charge in [0.25, 0.3) is 5.91 Å². The fourth-order valence-electron chi connectivity index (χ4n) is 1.66. The van der Waals surface area contributed by atoms with E-state index >= 15 is 0 Å². The average Bonchev–Trinajstić information content (AvgIpc) is 2.39. The summed E-state index contributed by atoms with van der Waals surface area (Å²) in [5, 5.41) is 7.86. The molecule has 2 rings (SSSR count). The van der Waals surface area contributed by atoms with Crippen molar-refractivity contribution in [3.8, 4) is 0 Å². The molecule has 0 aliphatic carbocycles. The van der Waals surface area contributed by atoms with Gasteiger partial charge >= 0.3 is 0 Å². The number of sulfonamides is 1. The van der Waals surface area contributed by atoms with Crippen LogP contribution in [0.25, 0.3) is 0 Å². The second-order valence-corrected chi connectivity index (χ2v) is 6.33. The van der Waals surface area contributed by atoms with E-state index in [4.69, 9.17) is 16.7 Å². The molecule has 8 heteroatoms. The molecule has 0 radical (unpaired) electrons. The molecule has 2 aromatic rings. The second kappa shape index (κ2) is 6.21. The Morgan fingerprint density at radius 1 is 1.24 bits per heavy atom. The third-order valence-electron chi connectivity index (χ3n) is 2.57. The van der Waals surface area contributed by atoms with Crippen molar-refractivity contribution in [2.75, 3.05) is 5.32 Å². The summed E-state index contributed by atoms with van der Waals surface area (Å²) in [7, 11) is -3.57. The molecule has 0 spiro atoms. The molecule has 21 heavy (non-hydrogen) atoms. The predicted molar refractivity (Wildman–Crippen MR) is 80.5 cm³/mol. The van der Waals surface area contributed by atoms with Crippen LogP contribution >= 0.6 is 11.6 Å². The monoisotopic (exact) mass is 325 g/mol. The Hall–Kier alpha value is -1.96. The van der Waals surface area contributed by atoms with E-state index in [-0.39, 0.29) is 16.8 Å². The van der Waals surface area contributed by atoms with E-state index in [0.717, 1.165) is 0 Å². The number of hydrogen-bond acceptors (Lipinski definition) is 4. The normalized spacial score (nSPS) is 11.1. The summed E-state index contributed by atoms with van der Waals surface area (Å²) in [5.74, 6) is -0.584. The number of nitrogens with zero attached hydrogens (tertiary/aromatic N) is 1. The van der Waals surface area contributed by atoms with Crippen molar-refractivity contribution in [2.45, 2.75) is 5.75 Å². The van der Waals surface area contributed by atoms with Gasteiger partial charge in [-0.15, -0.1) is 0 Å². The molecule has 0 aliphatic rings. The van der Waals surface area contributed by atoms with E-state index in [1.807, 2.05) is 0 Å². The Labute approximate surface area is 127 Å². The Balaban J connectivity index is 2.08. The van der Waals surface area contributed by atoms with Gasteiger partial charge in [0, 0.05) is 17.4 Å². The summed E-state index contributed by atoms with van der Waals surface area (Å²) in [6.45, 7) is 0. The van der Waals surface area contributed by atoms with Gasteiger partial charge in [-0.1, -0.05) is 23.7 Å². The molecule has 1 amide bonds. The van der Waals surface area contributed by atoms with E-state index < -0.39 is 10.0 Å². The van der Waals surface area contributed by atoms with Gasteiger partial charge in [0.2, 0.25) is 10.0 Å². The summed E-state index contributed by atoms with van der Waals surface area (Å²) in [6, 6.07) is 9.35. The number of benzene rings is 1. The van der Waals surface area contributed by atoms with Gasteiger partial charge in [-0.25, -0.2) is 18.5 Å². The molecule has 0 bridgehead atoms. The number of pyridine rings is 1. The molecule has 1 aromatic carbocycles. The highest BCUT2D eigenvalue weighted by Crippen LogP contribution is 2.14. The van der Waals surface area contributed by atoms with Crippen LogP contribution in [0.5, 0.6) is 0 Å². The smallest absolute Gasteiger partial charge is 0.255 e. The lowest BCUT2D eigenvalue weighted by Gasteiger charge is -2.06. The van der Waals surface area contributed by atoms with Crippen molar-refractivity contribution in [3.63, 3.8) is 0 Å². The lowest BCUT2D eigenvalue weighted by molar-refractivity contribution is 0.102. The Kier molecular flexibility index (Phi) is 4.56. The third-order valence-corrected chi connectivity index (χ3v) is 3.51. The average molecular weight is 326 g/mol. The maximum Gasteiger partial charge on any atom is 0.255 e. The Morgan fingerprint density at radius 3 is 2.48 bits per heavy atom. The number of primary sulfonamides is 1. The topological polar surface area (TPSA) is 102 Å². The van der Waals surface area contributed by atoms with Crippen molar-refractivity contribution in [3.05, 3.63) is 58.9 Å².